The van der Waals surface area contributed by atoms with Gasteiger partial charge < -0.3 is 24.4 Å². The normalized spacial score (nSPS) is 19.4. The van der Waals surface area contributed by atoms with E-state index in [4.69, 9.17) is 9.47 Å². The van der Waals surface area contributed by atoms with Crippen LogP contribution >= 0.6 is 0 Å². The number of Topliss-reactive ketones (excluding diaryl/α,β-unsaturated/α-hetero) is 1. The molecule has 39 heavy (non-hydrogen) atoms. The number of amides is 1. The number of nitrogens with zero attached hydrogens (tertiary/aromatic N) is 2. The molecule has 2 aliphatic heterocycles. The largest absolute Gasteiger partial charge is 0.507 e. The zero-order chi connectivity index (χ0) is 27.2. The fraction of sp³-hybridized carbons (Fsp3) is 0.323. The highest BCUT2D eigenvalue weighted by Crippen LogP contribution is 2.40. The van der Waals surface area contributed by atoms with E-state index in [1.807, 2.05) is 43.3 Å². The highest BCUT2D eigenvalue weighted by Gasteiger charge is 2.46. The summed E-state index contributed by atoms with van der Waals surface area (Å²) in [6.07, 6.45) is 4.02. The number of quaternary nitrogens is 1. The highest BCUT2D eigenvalue weighted by molar-refractivity contribution is 6.46. The van der Waals surface area contributed by atoms with Crippen molar-refractivity contribution in [2.45, 2.75) is 26.0 Å². The zero-order valence-electron chi connectivity index (χ0n) is 22.1. The Morgan fingerprint density at radius 2 is 1.82 bits per heavy atom. The number of aryl methyl sites for hydroxylation is 1. The van der Waals surface area contributed by atoms with Crippen LogP contribution < -0.4 is 9.64 Å². The van der Waals surface area contributed by atoms with Crippen LogP contribution in [0.2, 0.25) is 0 Å². The van der Waals surface area contributed by atoms with E-state index >= 15 is 0 Å². The van der Waals surface area contributed by atoms with E-state index < -0.39 is 17.7 Å². The van der Waals surface area contributed by atoms with Crippen molar-refractivity contribution < 1.29 is 29.1 Å². The van der Waals surface area contributed by atoms with Gasteiger partial charge in [0.2, 0.25) is 0 Å². The summed E-state index contributed by atoms with van der Waals surface area (Å²) in [6.45, 7) is 6.95. The Morgan fingerprint density at radius 3 is 2.54 bits per heavy atom. The predicted octanol–water partition coefficient (Wildman–Crippen LogP) is 2.70. The summed E-state index contributed by atoms with van der Waals surface area (Å²) in [6, 6.07) is 18.1. The lowest BCUT2D eigenvalue weighted by molar-refractivity contribution is -0.908. The molecule has 3 aromatic rings. The second-order valence-electron chi connectivity index (χ2n) is 9.99. The predicted molar refractivity (Wildman–Crippen MR) is 146 cm³/mol. The number of aliphatic hydroxyl groups excluding tert-OH is 1. The summed E-state index contributed by atoms with van der Waals surface area (Å²) < 4.78 is 11.4. The maximum Gasteiger partial charge on any atom is 0.295 e. The standard InChI is InChI=1S/C31H33N3O5/c1-22-20-25(39-21-23-6-3-2-4-7-23)8-9-26(22)29(35)27-28(24-10-12-32-13-11-24)34(31(37)30(27)36)15-5-14-33-16-18-38-19-17-33/h2-4,6-13,20,28,35H,5,14-19,21H2,1H3/p+1. The van der Waals surface area contributed by atoms with Crippen molar-refractivity contribution in [2.24, 2.45) is 0 Å². The van der Waals surface area contributed by atoms with E-state index in [2.05, 4.69) is 4.98 Å². The minimum absolute atomic E-state index is 0.103. The first-order chi connectivity index (χ1) is 19.0. The molecule has 5 rings (SSSR count). The summed E-state index contributed by atoms with van der Waals surface area (Å²) in [4.78, 5) is 33.7. The SMILES string of the molecule is Cc1cc(OCc2ccccc2)ccc1C(O)=C1C(=O)C(=O)N(CCC[NH+]2CCOCC2)C1c1ccncc1. The molecule has 2 fully saturated rings. The van der Waals surface area contributed by atoms with E-state index in [9.17, 15) is 14.7 Å². The van der Waals surface area contributed by atoms with Crippen molar-refractivity contribution in [2.75, 3.05) is 39.4 Å². The number of carbonyl (C=O) groups excluding carboxylic acids is 2. The van der Waals surface area contributed by atoms with Gasteiger partial charge in [-0.05, 0) is 53.9 Å². The van der Waals surface area contributed by atoms with Gasteiger partial charge in [-0.3, -0.25) is 14.6 Å². The first-order valence-corrected chi connectivity index (χ1v) is 13.4. The minimum Gasteiger partial charge on any atom is -0.507 e. The van der Waals surface area contributed by atoms with Gasteiger partial charge in [0, 0.05) is 30.9 Å². The lowest BCUT2D eigenvalue weighted by Crippen LogP contribution is -3.14. The molecule has 3 heterocycles. The molecule has 202 valence electrons. The molecule has 2 saturated heterocycles. The van der Waals surface area contributed by atoms with Crippen molar-refractivity contribution in [1.29, 1.82) is 0 Å². The number of pyridine rings is 1. The van der Waals surface area contributed by atoms with Crippen LogP contribution in [0.25, 0.3) is 5.76 Å². The minimum atomic E-state index is -0.680. The average molecular weight is 529 g/mol. The molecule has 8 heteroatoms. The molecular formula is C31H34N3O5+. The summed E-state index contributed by atoms with van der Waals surface area (Å²) in [5.74, 6) is -0.777. The van der Waals surface area contributed by atoms with Gasteiger partial charge in [0.15, 0.2) is 0 Å². The number of carbonyl (C=O) groups is 2. The number of rotatable bonds is 9. The summed E-state index contributed by atoms with van der Waals surface area (Å²) in [5.41, 5.74) is 3.14. The van der Waals surface area contributed by atoms with Gasteiger partial charge in [0.05, 0.1) is 31.4 Å². The zero-order valence-corrected chi connectivity index (χ0v) is 22.1. The number of hydrogen-bond donors (Lipinski definition) is 2. The van der Waals surface area contributed by atoms with Crippen LogP contribution in [0.3, 0.4) is 0 Å². The van der Waals surface area contributed by atoms with Crippen LogP contribution in [0.15, 0.2) is 78.6 Å². The van der Waals surface area contributed by atoms with Crippen molar-refractivity contribution in [3.05, 3.63) is 101 Å². The van der Waals surface area contributed by atoms with E-state index in [1.165, 1.54) is 4.90 Å². The van der Waals surface area contributed by atoms with Crippen molar-refractivity contribution in [1.82, 2.24) is 9.88 Å². The molecule has 1 unspecified atom stereocenters. The fourth-order valence-electron chi connectivity index (χ4n) is 5.29. The van der Waals surface area contributed by atoms with E-state index in [1.54, 1.807) is 41.6 Å². The Balaban J connectivity index is 1.40. The molecule has 1 atom stereocenters. The first-order valence-electron chi connectivity index (χ1n) is 13.4. The topological polar surface area (TPSA) is 93.4 Å². The van der Waals surface area contributed by atoms with Crippen LogP contribution in [-0.4, -0.2) is 66.1 Å². The van der Waals surface area contributed by atoms with Gasteiger partial charge in [-0.15, -0.1) is 0 Å². The summed E-state index contributed by atoms with van der Waals surface area (Å²) >= 11 is 0. The number of hydrogen-bond acceptors (Lipinski definition) is 6. The third kappa shape index (κ3) is 6.02. The number of likely N-dealkylation sites (tertiary alicyclic amines) is 1. The van der Waals surface area contributed by atoms with Gasteiger partial charge in [-0.2, -0.15) is 0 Å². The molecule has 1 aromatic heterocycles. The van der Waals surface area contributed by atoms with E-state index in [0.29, 0.717) is 24.5 Å². The monoisotopic (exact) mass is 528 g/mol. The smallest absolute Gasteiger partial charge is 0.295 e. The molecular weight excluding hydrogens is 494 g/mol. The average Bonchev–Trinajstić information content (AvgIpc) is 3.22. The number of aliphatic hydroxyl groups is 1. The first kappa shape index (κ1) is 26.6. The Morgan fingerprint density at radius 1 is 1.08 bits per heavy atom. The highest BCUT2D eigenvalue weighted by atomic mass is 16.5. The molecule has 0 bridgehead atoms. The number of nitrogens with one attached hydrogen (secondary N) is 1. The van der Waals surface area contributed by atoms with Gasteiger partial charge in [-0.1, -0.05) is 30.3 Å². The van der Waals surface area contributed by atoms with Crippen LogP contribution in [-0.2, 0) is 20.9 Å². The third-order valence-electron chi connectivity index (χ3n) is 7.39. The van der Waals surface area contributed by atoms with Crippen molar-refractivity contribution >= 4 is 17.4 Å². The molecule has 0 spiro atoms. The lowest BCUT2D eigenvalue weighted by atomic mass is 9.94. The molecule has 2 aliphatic rings. The van der Waals surface area contributed by atoms with Gasteiger partial charge >= 0.3 is 0 Å². The third-order valence-corrected chi connectivity index (χ3v) is 7.39. The van der Waals surface area contributed by atoms with Gasteiger partial charge in [0.1, 0.15) is 31.2 Å². The number of ketones is 1. The Bertz CT molecular complexity index is 1340. The second-order valence-corrected chi connectivity index (χ2v) is 9.99. The molecule has 2 aromatic carbocycles. The second kappa shape index (κ2) is 12.2. The van der Waals surface area contributed by atoms with Gasteiger partial charge in [0.25, 0.3) is 11.7 Å². The molecule has 0 saturated carbocycles. The van der Waals surface area contributed by atoms with E-state index in [-0.39, 0.29) is 11.3 Å². The Hall–Kier alpha value is -4.01. The van der Waals surface area contributed by atoms with Crippen molar-refractivity contribution in [3.8, 4) is 5.75 Å². The fourth-order valence-corrected chi connectivity index (χ4v) is 5.29. The maximum absolute atomic E-state index is 13.3. The van der Waals surface area contributed by atoms with Gasteiger partial charge in [-0.25, -0.2) is 0 Å². The van der Waals surface area contributed by atoms with Crippen LogP contribution in [0.5, 0.6) is 5.75 Å². The molecule has 8 nitrogen and oxygen atoms in total. The molecule has 1 amide bonds. The molecule has 2 N–H and O–H groups in total. The van der Waals surface area contributed by atoms with Crippen LogP contribution in [0.4, 0.5) is 0 Å². The Labute approximate surface area is 228 Å². The molecule has 0 aliphatic carbocycles. The molecule has 0 radical (unpaired) electrons. The van der Waals surface area contributed by atoms with Crippen molar-refractivity contribution in [3.63, 3.8) is 0 Å². The van der Waals surface area contributed by atoms with E-state index in [0.717, 1.165) is 56.0 Å². The Kier molecular flexibility index (Phi) is 8.34. The number of ether oxygens (including phenoxy) is 2. The number of morpholine rings is 1. The maximum atomic E-state index is 13.3. The van der Waals surface area contributed by atoms with Crippen LogP contribution in [0.1, 0.15) is 34.7 Å². The summed E-state index contributed by atoms with van der Waals surface area (Å²) in [7, 11) is 0. The summed E-state index contributed by atoms with van der Waals surface area (Å²) in [5, 5.41) is 11.5. The number of benzene rings is 2. The van der Waals surface area contributed by atoms with Crippen LogP contribution in [0, 0.1) is 6.92 Å². The quantitative estimate of drug-likeness (QED) is 0.252. The lowest BCUT2D eigenvalue weighted by Gasteiger charge is -2.27. The number of aromatic nitrogens is 1.